The quantitative estimate of drug-likeness (QED) is 0.203. The predicted octanol–water partition coefficient (Wildman–Crippen LogP) is 4.02. The molecule has 1 aliphatic heterocycles. The molecule has 34 heavy (non-hydrogen) atoms. The molecule has 1 amide bonds. The molecule has 3 rings (SSSR count). The van der Waals surface area contributed by atoms with Gasteiger partial charge in [0.2, 0.25) is 5.91 Å². The normalized spacial score (nSPS) is 20.2. The average molecular weight is 488 g/mol. The number of carbonyl (C=O) groups is 3. The van der Waals surface area contributed by atoms with Gasteiger partial charge in [0, 0.05) is 43.6 Å². The van der Waals surface area contributed by atoms with E-state index in [1.165, 1.54) is 58.2 Å². The van der Waals surface area contributed by atoms with Crippen molar-refractivity contribution in [2.24, 2.45) is 11.8 Å². The standard InChI is InChI=1S/C27H41N3O3S/c1-28-27(33)25(11-9-14-31)29(2)19-24-21(20-32)10-8-12-26(24)34-15-7-5-3-4-6-13-30-17-22-16-23(22)18-30/h8,10,12,14,20,22-23,25H,3-7,9,11,13,15-19H2,1-2H3,(H,28,33). The van der Waals surface area contributed by atoms with E-state index in [0.717, 1.165) is 40.6 Å². The number of fused-ring (bicyclic) bond motifs is 1. The number of nitrogens with one attached hydrogen (secondary N) is 1. The number of piperidine rings is 1. The number of carbonyl (C=O) groups excluding carboxylic acids is 3. The zero-order valence-corrected chi connectivity index (χ0v) is 21.7. The van der Waals surface area contributed by atoms with Gasteiger partial charge in [0.25, 0.3) is 0 Å². The van der Waals surface area contributed by atoms with Crippen LogP contribution in [0.25, 0.3) is 0 Å². The van der Waals surface area contributed by atoms with Crippen LogP contribution in [0.5, 0.6) is 0 Å². The number of benzene rings is 1. The first kappa shape index (κ1) is 26.9. The second kappa shape index (κ2) is 14.0. The van der Waals surface area contributed by atoms with Gasteiger partial charge in [-0.05, 0) is 68.5 Å². The third-order valence-electron chi connectivity index (χ3n) is 7.27. The van der Waals surface area contributed by atoms with E-state index in [2.05, 4.69) is 16.3 Å². The van der Waals surface area contributed by atoms with Gasteiger partial charge >= 0.3 is 0 Å². The highest BCUT2D eigenvalue weighted by atomic mass is 32.2. The van der Waals surface area contributed by atoms with Crippen molar-refractivity contribution in [3.8, 4) is 0 Å². The number of unbranched alkanes of at least 4 members (excludes halogenated alkanes) is 4. The first-order chi connectivity index (χ1) is 16.6. The van der Waals surface area contributed by atoms with Crippen molar-refractivity contribution in [1.82, 2.24) is 15.1 Å². The third-order valence-corrected chi connectivity index (χ3v) is 8.46. The summed E-state index contributed by atoms with van der Waals surface area (Å²) in [5, 5.41) is 2.69. The lowest BCUT2D eigenvalue weighted by molar-refractivity contribution is -0.126. The van der Waals surface area contributed by atoms with E-state index in [-0.39, 0.29) is 5.91 Å². The summed E-state index contributed by atoms with van der Waals surface area (Å²) in [6.45, 7) is 4.46. The minimum atomic E-state index is -0.404. The Morgan fingerprint density at radius 3 is 2.62 bits per heavy atom. The highest BCUT2D eigenvalue weighted by Crippen LogP contribution is 2.44. The molecular weight excluding hydrogens is 446 g/mol. The van der Waals surface area contributed by atoms with Gasteiger partial charge in [-0.2, -0.15) is 0 Å². The molecule has 0 radical (unpaired) electrons. The Bertz CT molecular complexity index is 808. The van der Waals surface area contributed by atoms with Crippen LogP contribution in [0.2, 0.25) is 0 Å². The Morgan fingerprint density at radius 1 is 1.18 bits per heavy atom. The number of aldehydes is 2. The second-order valence-corrected chi connectivity index (χ2v) is 11.0. The van der Waals surface area contributed by atoms with Crippen LogP contribution in [0.3, 0.4) is 0 Å². The van der Waals surface area contributed by atoms with E-state index in [9.17, 15) is 14.4 Å². The summed E-state index contributed by atoms with van der Waals surface area (Å²) in [4.78, 5) is 40.6. The zero-order valence-electron chi connectivity index (χ0n) is 20.8. The molecule has 2 fully saturated rings. The number of nitrogens with zero attached hydrogens (tertiary/aromatic N) is 2. The van der Waals surface area contributed by atoms with E-state index in [1.54, 1.807) is 18.8 Å². The Balaban J connectivity index is 1.43. The number of thioether (sulfide) groups is 1. The monoisotopic (exact) mass is 487 g/mol. The van der Waals surface area contributed by atoms with Gasteiger partial charge < -0.3 is 15.0 Å². The molecule has 0 bridgehead atoms. The Hall–Kier alpha value is -1.70. The molecule has 1 saturated carbocycles. The predicted molar refractivity (Wildman–Crippen MR) is 138 cm³/mol. The molecule has 3 unspecified atom stereocenters. The van der Waals surface area contributed by atoms with Crippen LogP contribution in [-0.2, 0) is 16.1 Å². The van der Waals surface area contributed by atoms with Crippen molar-refractivity contribution in [2.75, 3.05) is 39.5 Å². The largest absolute Gasteiger partial charge is 0.358 e. The molecule has 3 atom stereocenters. The van der Waals surface area contributed by atoms with Crippen molar-refractivity contribution in [3.05, 3.63) is 29.3 Å². The lowest BCUT2D eigenvalue weighted by Gasteiger charge is -2.27. The van der Waals surface area contributed by atoms with Crippen molar-refractivity contribution < 1.29 is 14.4 Å². The summed E-state index contributed by atoms with van der Waals surface area (Å²) in [5.74, 6) is 2.98. The van der Waals surface area contributed by atoms with Gasteiger partial charge in [0.15, 0.2) is 0 Å². The van der Waals surface area contributed by atoms with Gasteiger partial charge in [-0.15, -0.1) is 11.8 Å². The maximum absolute atomic E-state index is 12.4. The number of likely N-dealkylation sites (tertiary alicyclic amines) is 1. The Labute approximate surface area is 209 Å². The fourth-order valence-corrected chi connectivity index (χ4v) is 6.23. The van der Waals surface area contributed by atoms with Crippen LogP contribution in [0.1, 0.15) is 67.3 Å². The van der Waals surface area contributed by atoms with Crippen LogP contribution >= 0.6 is 11.8 Å². The van der Waals surface area contributed by atoms with Crippen LogP contribution < -0.4 is 5.32 Å². The molecule has 1 aromatic rings. The number of likely N-dealkylation sites (N-methyl/N-ethyl adjacent to an activating group) is 2. The first-order valence-corrected chi connectivity index (χ1v) is 13.8. The zero-order chi connectivity index (χ0) is 24.3. The maximum atomic E-state index is 12.4. The highest BCUT2D eigenvalue weighted by Gasteiger charge is 2.44. The molecule has 6 nitrogen and oxygen atoms in total. The summed E-state index contributed by atoms with van der Waals surface area (Å²) in [7, 11) is 3.49. The fourth-order valence-electron chi connectivity index (χ4n) is 5.13. The smallest absolute Gasteiger partial charge is 0.237 e. The molecule has 1 N–H and O–H groups in total. The molecule has 1 aliphatic carbocycles. The Kier molecular flexibility index (Phi) is 11.1. The summed E-state index contributed by atoms with van der Waals surface area (Å²) >= 11 is 1.80. The first-order valence-electron chi connectivity index (χ1n) is 12.8. The van der Waals surface area contributed by atoms with E-state index in [0.29, 0.717) is 24.9 Å². The van der Waals surface area contributed by atoms with Crippen molar-refractivity contribution >= 4 is 30.2 Å². The minimum Gasteiger partial charge on any atom is -0.358 e. The van der Waals surface area contributed by atoms with Gasteiger partial charge in [-0.1, -0.05) is 31.4 Å². The average Bonchev–Trinajstić information content (AvgIpc) is 3.46. The van der Waals surface area contributed by atoms with E-state index >= 15 is 0 Å². The minimum absolute atomic E-state index is 0.108. The molecule has 1 saturated heterocycles. The second-order valence-electron chi connectivity index (χ2n) is 9.86. The molecule has 1 heterocycles. The van der Waals surface area contributed by atoms with E-state index in [4.69, 9.17) is 0 Å². The molecule has 7 heteroatoms. The van der Waals surface area contributed by atoms with Crippen LogP contribution in [-0.4, -0.2) is 73.8 Å². The number of rotatable bonds is 17. The van der Waals surface area contributed by atoms with Crippen LogP contribution in [0.15, 0.2) is 23.1 Å². The molecule has 1 aromatic carbocycles. The number of hydrogen-bond acceptors (Lipinski definition) is 6. The van der Waals surface area contributed by atoms with Crippen molar-refractivity contribution in [3.63, 3.8) is 0 Å². The summed E-state index contributed by atoms with van der Waals surface area (Å²) < 4.78 is 0. The summed E-state index contributed by atoms with van der Waals surface area (Å²) in [5.41, 5.74) is 1.64. The van der Waals surface area contributed by atoms with Crippen molar-refractivity contribution in [2.45, 2.75) is 68.8 Å². The van der Waals surface area contributed by atoms with Gasteiger partial charge in [-0.25, -0.2) is 0 Å². The van der Waals surface area contributed by atoms with Crippen LogP contribution in [0, 0.1) is 11.8 Å². The molecule has 0 aromatic heterocycles. The molecule has 188 valence electrons. The number of hydrogen-bond donors (Lipinski definition) is 1. The molecule has 2 aliphatic rings. The lowest BCUT2D eigenvalue weighted by Crippen LogP contribution is -2.43. The Morgan fingerprint density at radius 2 is 1.91 bits per heavy atom. The van der Waals surface area contributed by atoms with Gasteiger partial charge in [0.05, 0.1) is 6.04 Å². The van der Waals surface area contributed by atoms with Gasteiger partial charge in [0.1, 0.15) is 12.6 Å². The number of amides is 1. The van der Waals surface area contributed by atoms with Gasteiger partial charge in [-0.3, -0.25) is 14.5 Å². The highest BCUT2D eigenvalue weighted by molar-refractivity contribution is 7.99. The topological polar surface area (TPSA) is 69.7 Å². The van der Waals surface area contributed by atoms with E-state index < -0.39 is 6.04 Å². The lowest BCUT2D eigenvalue weighted by atomic mass is 10.1. The molecule has 0 spiro atoms. The third kappa shape index (κ3) is 7.92. The summed E-state index contributed by atoms with van der Waals surface area (Å²) in [6, 6.07) is 5.44. The van der Waals surface area contributed by atoms with E-state index in [1.807, 2.05) is 24.1 Å². The molecular formula is C27H41N3O3S. The fraction of sp³-hybridized carbons (Fsp3) is 0.667. The van der Waals surface area contributed by atoms with Crippen LogP contribution in [0.4, 0.5) is 0 Å². The maximum Gasteiger partial charge on any atom is 0.237 e. The summed E-state index contributed by atoms with van der Waals surface area (Å²) in [6.07, 6.45) is 10.4. The van der Waals surface area contributed by atoms with Crippen molar-refractivity contribution in [1.29, 1.82) is 0 Å². The SMILES string of the molecule is CNC(=O)C(CCC=O)N(C)Cc1c(C=O)cccc1SCCCCCCCN1CC2CC2C1.